The SMILES string of the molecule is N#Cc1cnc(OCCCc2ccccc2)c(N)c1. The molecule has 4 nitrogen and oxygen atoms in total. The summed E-state index contributed by atoms with van der Waals surface area (Å²) in [6.07, 6.45) is 3.31. The Hall–Kier alpha value is -2.54. The van der Waals surface area contributed by atoms with Crippen LogP contribution in [0, 0.1) is 11.3 Å². The van der Waals surface area contributed by atoms with E-state index in [1.165, 1.54) is 11.8 Å². The van der Waals surface area contributed by atoms with Crippen molar-refractivity contribution < 1.29 is 4.74 Å². The van der Waals surface area contributed by atoms with E-state index in [9.17, 15) is 0 Å². The molecule has 0 amide bonds. The highest BCUT2D eigenvalue weighted by molar-refractivity contribution is 5.51. The summed E-state index contributed by atoms with van der Waals surface area (Å²) in [5.74, 6) is 0.395. The molecule has 96 valence electrons. The van der Waals surface area contributed by atoms with Gasteiger partial charge in [-0.15, -0.1) is 0 Å². The molecule has 0 spiro atoms. The summed E-state index contributed by atoms with van der Waals surface area (Å²) in [4.78, 5) is 4.02. The van der Waals surface area contributed by atoms with E-state index in [0.717, 1.165) is 12.8 Å². The lowest BCUT2D eigenvalue weighted by atomic mass is 10.1. The molecule has 0 atom stereocenters. The van der Waals surface area contributed by atoms with Gasteiger partial charge >= 0.3 is 0 Å². The van der Waals surface area contributed by atoms with Crippen molar-refractivity contribution in [3.63, 3.8) is 0 Å². The fraction of sp³-hybridized carbons (Fsp3) is 0.200. The van der Waals surface area contributed by atoms with Crippen LogP contribution in [0.4, 0.5) is 5.69 Å². The van der Waals surface area contributed by atoms with Gasteiger partial charge < -0.3 is 10.5 Å². The van der Waals surface area contributed by atoms with E-state index in [2.05, 4.69) is 17.1 Å². The van der Waals surface area contributed by atoms with E-state index in [1.54, 1.807) is 6.07 Å². The van der Waals surface area contributed by atoms with E-state index < -0.39 is 0 Å². The fourth-order valence-electron chi connectivity index (χ4n) is 1.74. The van der Waals surface area contributed by atoms with E-state index in [1.807, 2.05) is 24.3 Å². The number of hydrogen-bond acceptors (Lipinski definition) is 4. The lowest BCUT2D eigenvalue weighted by Crippen LogP contribution is -2.03. The lowest BCUT2D eigenvalue weighted by molar-refractivity contribution is 0.301. The van der Waals surface area contributed by atoms with Crippen LogP contribution in [-0.4, -0.2) is 11.6 Å². The average molecular weight is 253 g/mol. The molecule has 2 rings (SSSR count). The van der Waals surface area contributed by atoms with Crippen LogP contribution >= 0.6 is 0 Å². The van der Waals surface area contributed by atoms with Crippen LogP contribution in [-0.2, 0) is 6.42 Å². The normalized spacial score (nSPS) is 9.84. The monoisotopic (exact) mass is 253 g/mol. The Balaban J connectivity index is 1.82. The van der Waals surface area contributed by atoms with Gasteiger partial charge in [-0.25, -0.2) is 4.98 Å². The van der Waals surface area contributed by atoms with Gasteiger partial charge in [0.05, 0.1) is 17.9 Å². The molecule has 2 N–H and O–H groups in total. The van der Waals surface area contributed by atoms with Crippen molar-refractivity contribution in [1.29, 1.82) is 5.26 Å². The predicted octanol–water partition coefficient (Wildman–Crippen LogP) is 2.55. The highest BCUT2D eigenvalue weighted by atomic mass is 16.5. The van der Waals surface area contributed by atoms with Crippen LogP contribution in [0.15, 0.2) is 42.6 Å². The third-order valence-corrected chi connectivity index (χ3v) is 2.70. The van der Waals surface area contributed by atoms with Crippen molar-refractivity contribution in [3.8, 4) is 11.9 Å². The first-order valence-corrected chi connectivity index (χ1v) is 6.12. The minimum Gasteiger partial charge on any atom is -0.476 e. The average Bonchev–Trinajstić information content (AvgIpc) is 2.46. The van der Waals surface area contributed by atoms with Crippen LogP contribution < -0.4 is 10.5 Å². The maximum absolute atomic E-state index is 8.71. The molecule has 0 aliphatic rings. The van der Waals surface area contributed by atoms with Crippen LogP contribution in [0.5, 0.6) is 5.88 Å². The number of nitrogen functional groups attached to an aromatic ring is 1. The maximum atomic E-state index is 8.71. The largest absolute Gasteiger partial charge is 0.476 e. The number of rotatable bonds is 5. The molecule has 0 saturated heterocycles. The van der Waals surface area contributed by atoms with Gasteiger partial charge in [0.2, 0.25) is 5.88 Å². The number of hydrogen-bond donors (Lipinski definition) is 1. The molecule has 0 aliphatic carbocycles. The number of nitrogens with zero attached hydrogens (tertiary/aromatic N) is 2. The molecule has 1 aromatic carbocycles. The Morgan fingerprint density at radius 3 is 2.74 bits per heavy atom. The van der Waals surface area contributed by atoms with Crippen LogP contribution in [0.2, 0.25) is 0 Å². The zero-order valence-corrected chi connectivity index (χ0v) is 10.5. The van der Waals surface area contributed by atoms with Crippen LogP contribution in [0.1, 0.15) is 17.5 Å². The van der Waals surface area contributed by atoms with Crippen molar-refractivity contribution in [2.24, 2.45) is 0 Å². The number of aromatic nitrogens is 1. The van der Waals surface area contributed by atoms with E-state index >= 15 is 0 Å². The van der Waals surface area contributed by atoms with Gasteiger partial charge in [-0.05, 0) is 24.5 Å². The Bertz CT molecular complexity index is 576. The topological polar surface area (TPSA) is 71.9 Å². The smallest absolute Gasteiger partial charge is 0.237 e. The number of pyridine rings is 1. The molecule has 0 bridgehead atoms. The molecular formula is C15H15N3O. The van der Waals surface area contributed by atoms with Crippen LogP contribution in [0.3, 0.4) is 0 Å². The van der Waals surface area contributed by atoms with Gasteiger partial charge in [0.25, 0.3) is 0 Å². The highest BCUT2D eigenvalue weighted by Crippen LogP contribution is 2.18. The van der Waals surface area contributed by atoms with Crippen molar-refractivity contribution in [1.82, 2.24) is 4.98 Å². The van der Waals surface area contributed by atoms with Crippen molar-refractivity contribution in [3.05, 3.63) is 53.7 Å². The Kier molecular flexibility index (Phi) is 4.35. The van der Waals surface area contributed by atoms with Crippen LogP contribution in [0.25, 0.3) is 0 Å². The van der Waals surface area contributed by atoms with Gasteiger partial charge in [-0.2, -0.15) is 5.26 Å². The first-order valence-electron chi connectivity index (χ1n) is 6.12. The molecule has 2 aromatic rings. The molecule has 19 heavy (non-hydrogen) atoms. The van der Waals surface area contributed by atoms with E-state index in [4.69, 9.17) is 15.7 Å². The number of anilines is 1. The summed E-state index contributed by atoms with van der Waals surface area (Å²) in [5.41, 5.74) is 7.88. The number of aryl methyl sites for hydroxylation is 1. The summed E-state index contributed by atoms with van der Waals surface area (Å²) in [6, 6.07) is 13.8. The molecular weight excluding hydrogens is 238 g/mol. The van der Waals surface area contributed by atoms with Crippen molar-refractivity contribution in [2.75, 3.05) is 12.3 Å². The first-order chi connectivity index (χ1) is 9.29. The van der Waals surface area contributed by atoms with Gasteiger partial charge in [0, 0.05) is 6.20 Å². The molecule has 0 saturated carbocycles. The lowest BCUT2D eigenvalue weighted by Gasteiger charge is -2.07. The molecule has 4 heteroatoms. The fourth-order valence-corrected chi connectivity index (χ4v) is 1.74. The Morgan fingerprint density at radius 2 is 2.05 bits per heavy atom. The number of nitriles is 1. The summed E-state index contributed by atoms with van der Waals surface area (Å²) >= 11 is 0. The third-order valence-electron chi connectivity index (χ3n) is 2.70. The first kappa shape index (κ1) is 12.9. The van der Waals surface area contributed by atoms with Gasteiger partial charge in [-0.3, -0.25) is 0 Å². The third kappa shape index (κ3) is 3.71. The van der Waals surface area contributed by atoms with Crippen molar-refractivity contribution in [2.45, 2.75) is 12.8 Å². The second-order valence-electron chi connectivity index (χ2n) is 4.17. The standard InChI is InChI=1S/C15H15N3O/c16-10-13-9-14(17)15(18-11-13)19-8-4-7-12-5-2-1-3-6-12/h1-3,5-6,9,11H,4,7-8,17H2. The minimum absolute atomic E-state index is 0.395. The molecule has 0 radical (unpaired) electrons. The molecule has 1 heterocycles. The maximum Gasteiger partial charge on any atom is 0.237 e. The number of ether oxygens (including phenoxy) is 1. The zero-order chi connectivity index (χ0) is 13.5. The Labute approximate surface area is 112 Å². The molecule has 1 aromatic heterocycles. The minimum atomic E-state index is 0.395. The second-order valence-corrected chi connectivity index (χ2v) is 4.17. The van der Waals surface area contributed by atoms with Gasteiger partial charge in [0.1, 0.15) is 6.07 Å². The summed E-state index contributed by atoms with van der Waals surface area (Å²) in [5, 5.41) is 8.71. The quantitative estimate of drug-likeness (QED) is 0.831. The molecule has 0 fully saturated rings. The summed E-state index contributed by atoms with van der Waals surface area (Å²) in [7, 11) is 0. The van der Waals surface area contributed by atoms with E-state index in [-0.39, 0.29) is 0 Å². The molecule has 0 unspecified atom stereocenters. The molecule has 0 aliphatic heterocycles. The highest BCUT2D eigenvalue weighted by Gasteiger charge is 2.03. The number of nitrogens with two attached hydrogens (primary N) is 1. The van der Waals surface area contributed by atoms with Gasteiger partial charge in [-0.1, -0.05) is 30.3 Å². The van der Waals surface area contributed by atoms with Crippen molar-refractivity contribution >= 4 is 5.69 Å². The zero-order valence-electron chi connectivity index (χ0n) is 10.5. The summed E-state index contributed by atoms with van der Waals surface area (Å²) < 4.78 is 5.51. The summed E-state index contributed by atoms with van der Waals surface area (Å²) in [6.45, 7) is 0.554. The second kappa shape index (κ2) is 6.41. The predicted molar refractivity (Wildman–Crippen MR) is 73.6 cm³/mol. The Morgan fingerprint density at radius 1 is 1.26 bits per heavy atom. The number of benzene rings is 1. The van der Waals surface area contributed by atoms with E-state index in [0.29, 0.717) is 23.7 Å². The van der Waals surface area contributed by atoms with Gasteiger partial charge in [0.15, 0.2) is 0 Å².